The van der Waals surface area contributed by atoms with Crippen LogP contribution >= 0.6 is 0 Å². The Morgan fingerprint density at radius 1 is 1.05 bits per heavy atom. The van der Waals surface area contributed by atoms with Crippen molar-refractivity contribution in [1.82, 2.24) is 0 Å². The van der Waals surface area contributed by atoms with Crippen molar-refractivity contribution in [1.29, 1.82) is 0 Å². The van der Waals surface area contributed by atoms with Crippen molar-refractivity contribution in [3.05, 3.63) is 59.7 Å². The smallest absolute Gasteiger partial charge is 0.125 e. The quantitative estimate of drug-likeness (QED) is 0.894. The van der Waals surface area contributed by atoms with Gasteiger partial charge in [-0.25, -0.2) is 0 Å². The van der Waals surface area contributed by atoms with Gasteiger partial charge in [-0.3, -0.25) is 0 Å². The summed E-state index contributed by atoms with van der Waals surface area (Å²) in [7, 11) is 1.65. The Labute approximate surface area is 113 Å². The second kappa shape index (κ2) is 6.25. The Balaban J connectivity index is 2.02. The molecule has 2 aromatic rings. The van der Waals surface area contributed by atoms with Gasteiger partial charge in [0.2, 0.25) is 0 Å². The zero-order valence-corrected chi connectivity index (χ0v) is 11.2. The van der Waals surface area contributed by atoms with Gasteiger partial charge in [0, 0.05) is 5.56 Å². The van der Waals surface area contributed by atoms with Crippen LogP contribution < -0.4 is 9.47 Å². The van der Waals surface area contributed by atoms with Crippen LogP contribution in [0.25, 0.3) is 0 Å². The Hall–Kier alpha value is -2.00. The maximum atomic E-state index is 9.43. The first-order valence-electron chi connectivity index (χ1n) is 6.23. The highest BCUT2D eigenvalue weighted by Crippen LogP contribution is 2.21. The molecule has 3 nitrogen and oxygen atoms in total. The summed E-state index contributed by atoms with van der Waals surface area (Å²) in [5.74, 6) is 1.60. The van der Waals surface area contributed by atoms with Crippen LogP contribution in [0.4, 0.5) is 0 Å². The Morgan fingerprint density at radius 2 is 1.74 bits per heavy atom. The van der Waals surface area contributed by atoms with Crippen molar-refractivity contribution in [2.45, 2.75) is 19.6 Å². The maximum Gasteiger partial charge on any atom is 0.125 e. The lowest BCUT2D eigenvalue weighted by Crippen LogP contribution is -1.99. The summed E-state index contributed by atoms with van der Waals surface area (Å²) in [6, 6.07) is 15.2. The number of aliphatic hydroxyl groups is 1. The number of hydrogen-bond donors (Lipinski definition) is 1. The van der Waals surface area contributed by atoms with E-state index in [1.54, 1.807) is 14.0 Å². The minimum absolute atomic E-state index is 0.455. The Kier molecular flexibility index (Phi) is 4.42. The number of ether oxygens (including phenoxy) is 2. The lowest BCUT2D eigenvalue weighted by Gasteiger charge is -2.11. The summed E-state index contributed by atoms with van der Waals surface area (Å²) in [5, 5.41) is 9.43. The SMILES string of the molecule is COc1ccccc1COc1ccc([C@@H](C)O)cc1. The van der Waals surface area contributed by atoms with E-state index < -0.39 is 6.10 Å². The van der Waals surface area contributed by atoms with Crippen LogP contribution in [0.5, 0.6) is 11.5 Å². The molecule has 2 rings (SSSR count). The van der Waals surface area contributed by atoms with Gasteiger partial charge in [-0.15, -0.1) is 0 Å². The average molecular weight is 258 g/mol. The van der Waals surface area contributed by atoms with Crippen molar-refractivity contribution in [2.75, 3.05) is 7.11 Å². The molecule has 100 valence electrons. The molecular formula is C16H18O3. The molecule has 0 bridgehead atoms. The molecule has 3 heteroatoms. The van der Waals surface area contributed by atoms with Crippen LogP contribution in [0, 0.1) is 0 Å². The minimum atomic E-state index is -0.455. The predicted molar refractivity (Wildman–Crippen MR) is 74.4 cm³/mol. The molecule has 0 saturated carbocycles. The molecule has 0 aliphatic rings. The third kappa shape index (κ3) is 3.48. The van der Waals surface area contributed by atoms with Crippen molar-refractivity contribution >= 4 is 0 Å². The third-order valence-electron chi connectivity index (χ3n) is 2.95. The maximum absolute atomic E-state index is 9.43. The lowest BCUT2D eigenvalue weighted by atomic mass is 10.1. The summed E-state index contributed by atoms with van der Waals surface area (Å²) in [6.07, 6.45) is -0.455. The first-order valence-corrected chi connectivity index (χ1v) is 6.23. The fourth-order valence-corrected chi connectivity index (χ4v) is 1.83. The second-order valence-electron chi connectivity index (χ2n) is 4.35. The molecule has 0 aliphatic carbocycles. The van der Waals surface area contributed by atoms with E-state index in [4.69, 9.17) is 9.47 Å². The zero-order chi connectivity index (χ0) is 13.7. The van der Waals surface area contributed by atoms with Gasteiger partial charge < -0.3 is 14.6 Å². The number of para-hydroxylation sites is 1. The van der Waals surface area contributed by atoms with Crippen LogP contribution in [0.1, 0.15) is 24.2 Å². The number of aliphatic hydroxyl groups excluding tert-OH is 1. The molecule has 1 N–H and O–H groups in total. The van der Waals surface area contributed by atoms with Gasteiger partial charge in [-0.1, -0.05) is 30.3 Å². The highest BCUT2D eigenvalue weighted by atomic mass is 16.5. The summed E-state index contributed by atoms with van der Waals surface area (Å²) in [4.78, 5) is 0. The van der Waals surface area contributed by atoms with E-state index in [0.717, 1.165) is 22.6 Å². The Bertz CT molecular complexity index is 518. The monoisotopic (exact) mass is 258 g/mol. The molecule has 0 spiro atoms. The summed E-state index contributed by atoms with van der Waals surface area (Å²) < 4.78 is 11.0. The molecule has 0 amide bonds. The highest BCUT2D eigenvalue weighted by Gasteiger charge is 2.04. The number of rotatable bonds is 5. The van der Waals surface area contributed by atoms with E-state index in [1.807, 2.05) is 48.5 Å². The molecule has 0 aliphatic heterocycles. The first-order chi connectivity index (χ1) is 9.20. The largest absolute Gasteiger partial charge is 0.496 e. The predicted octanol–water partition coefficient (Wildman–Crippen LogP) is 3.33. The standard InChI is InChI=1S/C16H18O3/c1-12(17)13-7-9-15(10-8-13)19-11-14-5-3-4-6-16(14)18-2/h3-10,12,17H,11H2,1-2H3/t12-/m1/s1. The summed E-state index contributed by atoms with van der Waals surface area (Å²) in [5.41, 5.74) is 1.88. The van der Waals surface area contributed by atoms with Crippen molar-refractivity contribution in [3.8, 4) is 11.5 Å². The lowest BCUT2D eigenvalue weighted by molar-refractivity contribution is 0.199. The van der Waals surface area contributed by atoms with E-state index in [0.29, 0.717) is 6.61 Å². The van der Waals surface area contributed by atoms with Gasteiger partial charge in [0.05, 0.1) is 13.2 Å². The van der Waals surface area contributed by atoms with Gasteiger partial charge in [-0.2, -0.15) is 0 Å². The molecule has 0 radical (unpaired) electrons. The van der Waals surface area contributed by atoms with E-state index in [-0.39, 0.29) is 0 Å². The zero-order valence-electron chi connectivity index (χ0n) is 11.2. The van der Waals surface area contributed by atoms with Gasteiger partial charge >= 0.3 is 0 Å². The third-order valence-corrected chi connectivity index (χ3v) is 2.95. The number of methoxy groups -OCH3 is 1. The van der Waals surface area contributed by atoms with Crippen molar-refractivity contribution in [3.63, 3.8) is 0 Å². The topological polar surface area (TPSA) is 38.7 Å². The van der Waals surface area contributed by atoms with E-state index >= 15 is 0 Å². The molecule has 19 heavy (non-hydrogen) atoms. The van der Waals surface area contributed by atoms with Crippen LogP contribution in [-0.2, 0) is 6.61 Å². The van der Waals surface area contributed by atoms with E-state index in [9.17, 15) is 5.11 Å². The molecule has 0 unspecified atom stereocenters. The Morgan fingerprint density at radius 3 is 2.37 bits per heavy atom. The fraction of sp³-hybridized carbons (Fsp3) is 0.250. The van der Waals surface area contributed by atoms with E-state index in [2.05, 4.69) is 0 Å². The fourth-order valence-electron chi connectivity index (χ4n) is 1.83. The first kappa shape index (κ1) is 13.4. The van der Waals surface area contributed by atoms with Gasteiger partial charge in [0.15, 0.2) is 0 Å². The highest BCUT2D eigenvalue weighted by molar-refractivity contribution is 5.34. The van der Waals surface area contributed by atoms with E-state index in [1.165, 1.54) is 0 Å². The molecule has 2 aromatic carbocycles. The number of benzene rings is 2. The molecule has 0 saturated heterocycles. The summed E-state index contributed by atoms with van der Waals surface area (Å²) >= 11 is 0. The van der Waals surface area contributed by atoms with Crippen LogP contribution in [0.3, 0.4) is 0 Å². The average Bonchev–Trinajstić information content (AvgIpc) is 2.45. The minimum Gasteiger partial charge on any atom is -0.496 e. The van der Waals surface area contributed by atoms with Gasteiger partial charge in [0.25, 0.3) is 0 Å². The molecular weight excluding hydrogens is 240 g/mol. The van der Waals surface area contributed by atoms with Gasteiger partial charge in [-0.05, 0) is 30.7 Å². The molecule has 0 fully saturated rings. The van der Waals surface area contributed by atoms with Crippen molar-refractivity contribution < 1.29 is 14.6 Å². The number of hydrogen-bond acceptors (Lipinski definition) is 3. The summed E-state index contributed by atoms with van der Waals surface area (Å²) in [6.45, 7) is 2.20. The molecule has 0 heterocycles. The van der Waals surface area contributed by atoms with Crippen molar-refractivity contribution in [2.24, 2.45) is 0 Å². The van der Waals surface area contributed by atoms with Gasteiger partial charge in [0.1, 0.15) is 18.1 Å². The van der Waals surface area contributed by atoms with Crippen LogP contribution in [0.2, 0.25) is 0 Å². The van der Waals surface area contributed by atoms with Crippen LogP contribution in [-0.4, -0.2) is 12.2 Å². The molecule has 0 aromatic heterocycles. The second-order valence-corrected chi connectivity index (χ2v) is 4.35. The molecule has 1 atom stereocenters. The normalized spacial score (nSPS) is 11.9. The van der Waals surface area contributed by atoms with Crippen LogP contribution in [0.15, 0.2) is 48.5 Å².